The molecule has 1 heterocycles. The average Bonchev–Trinajstić information content (AvgIpc) is 2.93. The topological polar surface area (TPSA) is 66.5 Å². The van der Waals surface area contributed by atoms with E-state index in [4.69, 9.17) is 0 Å². The molecule has 0 radical (unpaired) electrons. The van der Waals surface area contributed by atoms with Crippen LogP contribution in [-0.4, -0.2) is 42.1 Å². The van der Waals surface area contributed by atoms with Crippen LogP contribution in [0.25, 0.3) is 0 Å². The molecule has 0 aromatic carbocycles. The van der Waals surface area contributed by atoms with Gasteiger partial charge in [-0.3, -0.25) is 14.4 Å². The van der Waals surface area contributed by atoms with Crippen molar-refractivity contribution in [3.05, 3.63) is 0 Å². The highest BCUT2D eigenvalue weighted by atomic mass is 16.2. The molecular formula is C25H40N2O3. The lowest BCUT2D eigenvalue weighted by Gasteiger charge is -2.61. The highest BCUT2D eigenvalue weighted by Crippen LogP contribution is 2.67. The van der Waals surface area contributed by atoms with E-state index in [0.29, 0.717) is 48.6 Å². The molecule has 0 spiro atoms. The Labute approximate surface area is 181 Å². The number of carbonyl (C=O) groups excluding carboxylic acids is 3. The van der Waals surface area contributed by atoms with Crippen LogP contribution in [0.4, 0.5) is 0 Å². The third-order valence-corrected chi connectivity index (χ3v) is 10.1. The molecule has 168 valence electrons. The van der Waals surface area contributed by atoms with Crippen LogP contribution in [0.3, 0.4) is 0 Å². The quantitative estimate of drug-likeness (QED) is 0.709. The smallest absolute Gasteiger partial charge is 0.227 e. The van der Waals surface area contributed by atoms with E-state index in [9.17, 15) is 14.4 Å². The summed E-state index contributed by atoms with van der Waals surface area (Å²) in [6.07, 6.45) is 7.84. The lowest BCUT2D eigenvalue weighted by molar-refractivity contribution is -0.158. The van der Waals surface area contributed by atoms with Gasteiger partial charge in [0.2, 0.25) is 11.8 Å². The van der Waals surface area contributed by atoms with E-state index in [0.717, 1.165) is 18.8 Å². The van der Waals surface area contributed by atoms with Gasteiger partial charge in [0.15, 0.2) is 0 Å². The minimum atomic E-state index is -0.127. The third kappa shape index (κ3) is 3.31. The van der Waals surface area contributed by atoms with E-state index in [2.05, 4.69) is 31.0 Å². The van der Waals surface area contributed by atoms with Crippen LogP contribution in [0.1, 0.15) is 79.1 Å². The Kier molecular flexibility index (Phi) is 5.55. The number of likely N-dealkylation sites (tertiary alicyclic amines) is 1. The highest BCUT2D eigenvalue weighted by Gasteiger charge is 2.62. The van der Waals surface area contributed by atoms with Gasteiger partial charge in [-0.2, -0.15) is 0 Å². The minimum absolute atomic E-state index is 0.00206. The van der Waals surface area contributed by atoms with Gasteiger partial charge < -0.3 is 10.2 Å². The second-order valence-corrected chi connectivity index (χ2v) is 11.5. The highest BCUT2D eigenvalue weighted by molar-refractivity contribution is 5.96. The molecule has 0 aromatic rings. The SMILES string of the molecule is CC(=O)CC(=O)NC[C@H]1C(C)C[C@H]2[C@@H]3CC[C@H]4N(C)C(=O)CC[C@]4(C)[C@H]3CC[C@]12C. The van der Waals surface area contributed by atoms with Gasteiger partial charge in [-0.15, -0.1) is 0 Å². The van der Waals surface area contributed by atoms with Crippen molar-refractivity contribution in [3.8, 4) is 0 Å². The maximum Gasteiger partial charge on any atom is 0.227 e. The predicted octanol–water partition coefficient (Wildman–Crippen LogP) is 3.81. The largest absolute Gasteiger partial charge is 0.355 e. The molecule has 5 nitrogen and oxygen atoms in total. The van der Waals surface area contributed by atoms with Crippen molar-refractivity contribution >= 4 is 17.6 Å². The monoisotopic (exact) mass is 416 g/mol. The van der Waals surface area contributed by atoms with Crippen LogP contribution in [0.15, 0.2) is 0 Å². The lowest BCUT2D eigenvalue weighted by atomic mass is 9.47. The zero-order valence-electron chi connectivity index (χ0n) is 19.5. The van der Waals surface area contributed by atoms with Gasteiger partial charge >= 0.3 is 0 Å². The molecule has 4 rings (SSSR count). The fraction of sp³-hybridized carbons (Fsp3) is 0.880. The number of rotatable bonds is 4. The molecule has 1 aliphatic heterocycles. The van der Waals surface area contributed by atoms with Crippen LogP contribution in [0.2, 0.25) is 0 Å². The molecule has 4 fully saturated rings. The van der Waals surface area contributed by atoms with Crippen molar-refractivity contribution in [1.29, 1.82) is 0 Å². The van der Waals surface area contributed by atoms with Crippen molar-refractivity contribution in [3.63, 3.8) is 0 Å². The van der Waals surface area contributed by atoms with E-state index in [1.165, 1.54) is 32.6 Å². The van der Waals surface area contributed by atoms with E-state index >= 15 is 0 Å². The molecule has 0 aromatic heterocycles. The van der Waals surface area contributed by atoms with Crippen molar-refractivity contribution in [2.45, 2.75) is 85.1 Å². The first kappa shape index (κ1) is 21.8. The van der Waals surface area contributed by atoms with Crippen LogP contribution in [0.5, 0.6) is 0 Å². The zero-order valence-corrected chi connectivity index (χ0v) is 19.5. The third-order valence-electron chi connectivity index (χ3n) is 10.1. The van der Waals surface area contributed by atoms with Gasteiger partial charge in [0.05, 0.1) is 6.42 Å². The number of fused-ring (bicyclic) bond motifs is 5. The minimum Gasteiger partial charge on any atom is -0.355 e. The number of Topliss-reactive ketones (excluding diaryl/α,β-unsaturated/α-hetero) is 1. The van der Waals surface area contributed by atoms with Gasteiger partial charge in [0, 0.05) is 26.1 Å². The summed E-state index contributed by atoms with van der Waals surface area (Å²) in [7, 11) is 2.02. The van der Waals surface area contributed by atoms with Gasteiger partial charge in [0.1, 0.15) is 5.78 Å². The molecule has 3 aliphatic carbocycles. The maximum absolute atomic E-state index is 12.3. The molecular weight excluding hydrogens is 376 g/mol. The number of amides is 2. The fourth-order valence-electron chi connectivity index (χ4n) is 8.56. The summed E-state index contributed by atoms with van der Waals surface area (Å²) < 4.78 is 0. The van der Waals surface area contributed by atoms with E-state index < -0.39 is 0 Å². The Bertz CT molecular complexity index is 736. The van der Waals surface area contributed by atoms with Gasteiger partial charge in [-0.25, -0.2) is 0 Å². The number of carbonyl (C=O) groups is 3. The number of nitrogens with zero attached hydrogens (tertiary/aromatic N) is 1. The van der Waals surface area contributed by atoms with Crippen molar-refractivity contribution in [1.82, 2.24) is 10.2 Å². The number of hydrogen-bond donors (Lipinski definition) is 1. The fourth-order valence-corrected chi connectivity index (χ4v) is 8.56. The Morgan fingerprint density at radius 2 is 1.83 bits per heavy atom. The molecule has 4 aliphatic rings. The number of piperidine rings is 1. The average molecular weight is 417 g/mol. The number of nitrogens with one attached hydrogen (secondary N) is 1. The molecule has 2 amide bonds. The standard InChI is InChI=1S/C25H40N2O3/c1-15-12-19-17-6-7-21-25(4,11-9-23(30)27(21)5)18(17)8-10-24(19,3)20(15)14-26-22(29)13-16(2)28/h15,17-21H,6-14H2,1-5H3,(H,26,29)/t15?,17-,18+,19+,20+,21-,24+,25-/m1/s1. The molecule has 5 heteroatoms. The first-order valence-corrected chi connectivity index (χ1v) is 12.1. The lowest BCUT2D eigenvalue weighted by Crippen LogP contribution is -2.61. The molecule has 1 N–H and O–H groups in total. The Morgan fingerprint density at radius 1 is 1.10 bits per heavy atom. The molecule has 3 saturated carbocycles. The summed E-state index contributed by atoms with van der Waals surface area (Å²) in [6.45, 7) is 9.49. The van der Waals surface area contributed by atoms with Crippen LogP contribution >= 0.6 is 0 Å². The first-order chi connectivity index (χ1) is 14.1. The summed E-state index contributed by atoms with van der Waals surface area (Å²) in [4.78, 5) is 37.8. The van der Waals surface area contributed by atoms with E-state index in [1.54, 1.807) is 0 Å². The van der Waals surface area contributed by atoms with Gasteiger partial charge in [-0.1, -0.05) is 20.8 Å². The predicted molar refractivity (Wildman–Crippen MR) is 117 cm³/mol. The first-order valence-electron chi connectivity index (χ1n) is 12.1. The van der Waals surface area contributed by atoms with E-state index in [1.807, 2.05) is 7.05 Å². The maximum atomic E-state index is 12.3. The van der Waals surface area contributed by atoms with Crippen LogP contribution in [0, 0.1) is 40.4 Å². The van der Waals surface area contributed by atoms with E-state index in [-0.39, 0.29) is 28.9 Å². The Hall–Kier alpha value is -1.39. The summed E-state index contributed by atoms with van der Waals surface area (Å²) in [5, 5.41) is 3.08. The Balaban J connectivity index is 1.51. The summed E-state index contributed by atoms with van der Waals surface area (Å²) in [5.74, 6) is 3.37. The zero-order chi connectivity index (χ0) is 21.8. The van der Waals surface area contributed by atoms with Gasteiger partial charge in [-0.05, 0) is 85.9 Å². The van der Waals surface area contributed by atoms with Crippen LogP contribution < -0.4 is 5.32 Å². The van der Waals surface area contributed by atoms with Crippen molar-refractivity contribution in [2.24, 2.45) is 40.4 Å². The molecule has 8 atom stereocenters. The Morgan fingerprint density at radius 3 is 2.53 bits per heavy atom. The molecule has 0 bridgehead atoms. The summed E-state index contributed by atoms with van der Waals surface area (Å²) >= 11 is 0. The molecule has 30 heavy (non-hydrogen) atoms. The second-order valence-electron chi connectivity index (χ2n) is 11.5. The normalized spacial score (nSPS) is 45.4. The van der Waals surface area contributed by atoms with Crippen molar-refractivity contribution < 1.29 is 14.4 Å². The summed E-state index contributed by atoms with van der Waals surface area (Å²) in [6, 6.07) is 0.407. The summed E-state index contributed by atoms with van der Waals surface area (Å²) in [5.41, 5.74) is 0.521. The number of hydrogen-bond acceptors (Lipinski definition) is 3. The van der Waals surface area contributed by atoms with Crippen LogP contribution in [-0.2, 0) is 14.4 Å². The molecule has 1 saturated heterocycles. The van der Waals surface area contributed by atoms with Gasteiger partial charge in [0.25, 0.3) is 0 Å². The second kappa shape index (κ2) is 7.63. The van der Waals surface area contributed by atoms with Crippen molar-refractivity contribution in [2.75, 3.05) is 13.6 Å². The molecule has 1 unspecified atom stereocenters. The number of ketones is 1.